The summed E-state index contributed by atoms with van der Waals surface area (Å²) in [5.74, 6) is 0.852. The summed E-state index contributed by atoms with van der Waals surface area (Å²) in [6.45, 7) is 7.58. The van der Waals surface area contributed by atoms with E-state index < -0.39 is 0 Å². The fraction of sp³-hybridized carbons (Fsp3) is 0.556. The van der Waals surface area contributed by atoms with Crippen LogP contribution < -0.4 is 9.64 Å². The number of hydrogen-bond acceptors (Lipinski definition) is 3. The summed E-state index contributed by atoms with van der Waals surface area (Å²) in [7, 11) is 0. The molecule has 1 aromatic rings. The van der Waals surface area contributed by atoms with E-state index in [9.17, 15) is 9.59 Å². The van der Waals surface area contributed by atoms with Crippen LogP contribution in [-0.4, -0.2) is 42.5 Å². The highest BCUT2D eigenvalue weighted by Crippen LogP contribution is 2.21. The molecule has 0 aromatic heterocycles. The van der Waals surface area contributed by atoms with Gasteiger partial charge >= 0.3 is 0 Å². The van der Waals surface area contributed by atoms with E-state index in [1.54, 1.807) is 4.90 Å². The van der Waals surface area contributed by atoms with Crippen molar-refractivity contribution in [2.45, 2.75) is 46.1 Å². The molecule has 1 heterocycles. The van der Waals surface area contributed by atoms with Crippen LogP contribution in [0, 0.1) is 0 Å². The van der Waals surface area contributed by atoms with Gasteiger partial charge in [0.2, 0.25) is 11.8 Å². The fourth-order valence-corrected chi connectivity index (χ4v) is 2.78. The van der Waals surface area contributed by atoms with E-state index in [4.69, 9.17) is 4.74 Å². The molecule has 0 unspecified atom stereocenters. The summed E-state index contributed by atoms with van der Waals surface area (Å²) in [6.07, 6.45) is 2.64. The van der Waals surface area contributed by atoms with Crippen molar-refractivity contribution in [2.24, 2.45) is 0 Å². The normalized spacial score (nSPS) is 14.2. The number of ether oxygens (including phenoxy) is 1. The van der Waals surface area contributed by atoms with Crippen LogP contribution in [0.2, 0.25) is 0 Å². The lowest BCUT2D eigenvalue weighted by Crippen LogP contribution is -2.35. The molecular formula is C18H26N2O3. The first-order valence-corrected chi connectivity index (χ1v) is 8.30. The molecule has 5 nitrogen and oxygen atoms in total. The minimum Gasteiger partial charge on any atom is -0.491 e. The van der Waals surface area contributed by atoms with Crippen molar-refractivity contribution in [3.8, 4) is 5.75 Å². The van der Waals surface area contributed by atoms with Crippen LogP contribution >= 0.6 is 0 Å². The van der Waals surface area contributed by atoms with Gasteiger partial charge in [-0.3, -0.25) is 9.59 Å². The summed E-state index contributed by atoms with van der Waals surface area (Å²) in [5, 5.41) is 0. The zero-order chi connectivity index (χ0) is 16.8. The lowest BCUT2D eigenvalue weighted by Gasteiger charge is -2.23. The van der Waals surface area contributed by atoms with Crippen LogP contribution in [0.4, 0.5) is 5.69 Å². The number of carbonyl (C=O) groups is 2. The Labute approximate surface area is 138 Å². The number of nitrogens with zero attached hydrogens (tertiary/aromatic N) is 2. The van der Waals surface area contributed by atoms with Crippen LogP contribution in [0.3, 0.4) is 0 Å². The van der Waals surface area contributed by atoms with E-state index >= 15 is 0 Å². The predicted octanol–water partition coefficient (Wildman–Crippen LogP) is 2.84. The molecule has 0 atom stereocenters. The minimum absolute atomic E-state index is 0.0586. The highest BCUT2D eigenvalue weighted by atomic mass is 16.5. The summed E-state index contributed by atoms with van der Waals surface area (Å²) >= 11 is 0. The van der Waals surface area contributed by atoms with Crippen molar-refractivity contribution < 1.29 is 14.3 Å². The number of benzene rings is 1. The third-order valence-corrected chi connectivity index (χ3v) is 3.91. The number of hydrogen-bond donors (Lipinski definition) is 0. The van der Waals surface area contributed by atoms with Crippen molar-refractivity contribution in [3.05, 3.63) is 24.3 Å². The van der Waals surface area contributed by atoms with E-state index in [-0.39, 0.29) is 17.9 Å². The molecule has 1 aliphatic rings. The third kappa shape index (κ3) is 4.98. The highest BCUT2D eigenvalue weighted by molar-refractivity contribution is 5.92. The quantitative estimate of drug-likeness (QED) is 0.810. The SMILES string of the molecule is CC(=O)N(CCC(=O)N1CCCC1)c1ccc(OC(C)C)cc1. The summed E-state index contributed by atoms with van der Waals surface area (Å²) in [5.41, 5.74) is 0.794. The molecule has 5 heteroatoms. The van der Waals surface area contributed by atoms with Crippen LogP contribution in [0.1, 0.15) is 40.0 Å². The van der Waals surface area contributed by atoms with Crippen molar-refractivity contribution in [1.29, 1.82) is 0 Å². The van der Waals surface area contributed by atoms with E-state index in [2.05, 4.69) is 0 Å². The molecule has 1 aliphatic heterocycles. The third-order valence-electron chi connectivity index (χ3n) is 3.91. The lowest BCUT2D eigenvalue weighted by atomic mass is 10.2. The molecule has 0 radical (unpaired) electrons. The molecule has 2 rings (SSSR count). The Bertz CT molecular complexity index is 534. The standard InChI is InChI=1S/C18H26N2O3/c1-14(2)23-17-8-6-16(7-9-17)20(15(3)21)13-10-18(22)19-11-4-5-12-19/h6-9,14H,4-5,10-13H2,1-3H3. The number of carbonyl (C=O) groups excluding carboxylic acids is 2. The molecule has 0 bridgehead atoms. The Kier molecular flexibility index (Phi) is 6.02. The molecule has 2 amide bonds. The van der Waals surface area contributed by atoms with Crippen LogP contribution in [0.5, 0.6) is 5.75 Å². The van der Waals surface area contributed by atoms with Gasteiger partial charge in [0.15, 0.2) is 0 Å². The first-order valence-electron chi connectivity index (χ1n) is 8.30. The molecule has 0 saturated carbocycles. The average Bonchev–Trinajstić information content (AvgIpc) is 3.02. The Balaban J connectivity index is 1.97. The Morgan fingerprint density at radius 3 is 2.30 bits per heavy atom. The van der Waals surface area contributed by atoms with Crippen LogP contribution in [-0.2, 0) is 9.59 Å². The average molecular weight is 318 g/mol. The van der Waals surface area contributed by atoms with E-state index in [1.807, 2.05) is 43.0 Å². The Hall–Kier alpha value is -2.04. The van der Waals surface area contributed by atoms with Gasteiger partial charge in [-0.1, -0.05) is 0 Å². The summed E-state index contributed by atoms with van der Waals surface area (Å²) < 4.78 is 5.61. The first-order chi connectivity index (χ1) is 11.0. The summed E-state index contributed by atoms with van der Waals surface area (Å²) in [6, 6.07) is 7.43. The number of amides is 2. The van der Waals surface area contributed by atoms with Gasteiger partial charge in [-0.05, 0) is 51.0 Å². The second kappa shape index (κ2) is 7.99. The van der Waals surface area contributed by atoms with Gasteiger partial charge in [-0.2, -0.15) is 0 Å². The number of likely N-dealkylation sites (tertiary alicyclic amines) is 1. The molecular weight excluding hydrogens is 292 g/mol. The van der Waals surface area contributed by atoms with Crippen LogP contribution in [0.15, 0.2) is 24.3 Å². The van der Waals surface area contributed by atoms with E-state index in [0.29, 0.717) is 13.0 Å². The summed E-state index contributed by atoms with van der Waals surface area (Å²) in [4.78, 5) is 27.6. The minimum atomic E-state index is -0.0586. The van der Waals surface area contributed by atoms with Gasteiger partial charge < -0.3 is 14.5 Å². The molecule has 0 spiro atoms. The molecule has 1 fully saturated rings. The maximum atomic E-state index is 12.1. The van der Waals surface area contributed by atoms with Gasteiger partial charge in [0.25, 0.3) is 0 Å². The maximum Gasteiger partial charge on any atom is 0.224 e. The van der Waals surface area contributed by atoms with Gasteiger partial charge in [0.1, 0.15) is 5.75 Å². The maximum absolute atomic E-state index is 12.1. The molecule has 23 heavy (non-hydrogen) atoms. The molecule has 1 saturated heterocycles. The predicted molar refractivity (Wildman–Crippen MR) is 90.7 cm³/mol. The number of anilines is 1. The molecule has 0 aliphatic carbocycles. The second-order valence-corrected chi connectivity index (χ2v) is 6.17. The Morgan fingerprint density at radius 2 is 1.78 bits per heavy atom. The monoisotopic (exact) mass is 318 g/mol. The molecule has 1 aromatic carbocycles. The van der Waals surface area contributed by atoms with Crippen molar-refractivity contribution in [2.75, 3.05) is 24.5 Å². The van der Waals surface area contributed by atoms with Gasteiger partial charge in [-0.15, -0.1) is 0 Å². The van der Waals surface area contributed by atoms with Gasteiger partial charge in [0, 0.05) is 38.7 Å². The Morgan fingerprint density at radius 1 is 1.17 bits per heavy atom. The van der Waals surface area contributed by atoms with Gasteiger partial charge in [-0.25, -0.2) is 0 Å². The van der Waals surface area contributed by atoms with E-state index in [1.165, 1.54) is 6.92 Å². The van der Waals surface area contributed by atoms with Gasteiger partial charge in [0.05, 0.1) is 6.10 Å². The van der Waals surface area contributed by atoms with Crippen LogP contribution in [0.25, 0.3) is 0 Å². The largest absolute Gasteiger partial charge is 0.491 e. The van der Waals surface area contributed by atoms with Crippen molar-refractivity contribution in [3.63, 3.8) is 0 Å². The smallest absolute Gasteiger partial charge is 0.224 e. The lowest BCUT2D eigenvalue weighted by molar-refractivity contribution is -0.129. The first kappa shape index (κ1) is 17.3. The molecule has 0 N–H and O–H groups in total. The number of rotatable bonds is 6. The zero-order valence-corrected chi connectivity index (χ0v) is 14.2. The van der Waals surface area contributed by atoms with E-state index in [0.717, 1.165) is 37.4 Å². The van der Waals surface area contributed by atoms with Crippen molar-refractivity contribution in [1.82, 2.24) is 4.90 Å². The fourth-order valence-electron chi connectivity index (χ4n) is 2.78. The highest BCUT2D eigenvalue weighted by Gasteiger charge is 2.20. The molecule has 126 valence electrons. The van der Waals surface area contributed by atoms with Crippen molar-refractivity contribution >= 4 is 17.5 Å². The topological polar surface area (TPSA) is 49.9 Å². The second-order valence-electron chi connectivity index (χ2n) is 6.17. The zero-order valence-electron chi connectivity index (χ0n) is 14.2.